The van der Waals surface area contributed by atoms with Crippen LogP contribution in [0.3, 0.4) is 0 Å². The molecular weight excluding hydrogens is 330 g/mol. The van der Waals surface area contributed by atoms with E-state index in [1.54, 1.807) is 12.1 Å². The Morgan fingerprint density at radius 1 is 1.37 bits per heavy atom. The fourth-order valence-electron chi connectivity index (χ4n) is 2.09. The lowest BCUT2D eigenvalue weighted by atomic mass is 10.2. The summed E-state index contributed by atoms with van der Waals surface area (Å²) in [6, 6.07) is 7.12. The molecule has 0 aromatic heterocycles. The highest BCUT2D eigenvalue weighted by Gasteiger charge is 2.28. The van der Waals surface area contributed by atoms with Gasteiger partial charge < -0.3 is 4.74 Å². The van der Waals surface area contributed by atoms with Crippen molar-refractivity contribution in [1.29, 1.82) is 0 Å². The Morgan fingerprint density at radius 2 is 2.05 bits per heavy atom. The minimum Gasteiger partial charge on any atom is -0.376 e. The van der Waals surface area contributed by atoms with Crippen LogP contribution in [0.25, 0.3) is 0 Å². The molecule has 1 atom stereocenters. The van der Waals surface area contributed by atoms with E-state index in [0.717, 1.165) is 17.3 Å². The summed E-state index contributed by atoms with van der Waals surface area (Å²) in [5.74, 6) is 0. The van der Waals surface area contributed by atoms with Gasteiger partial charge in [-0.15, -0.1) is 0 Å². The Morgan fingerprint density at radius 3 is 2.63 bits per heavy atom. The Bertz CT molecular complexity index is 515. The first-order valence-corrected chi connectivity index (χ1v) is 8.87. The number of aryl methyl sites for hydroxylation is 1. The minimum atomic E-state index is -3.39. The summed E-state index contributed by atoms with van der Waals surface area (Å²) in [5.41, 5.74) is 1.13. The van der Waals surface area contributed by atoms with Gasteiger partial charge in [-0.1, -0.05) is 28.1 Å². The van der Waals surface area contributed by atoms with E-state index in [9.17, 15) is 8.42 Å². The second-order valence-electron chi connectivity index (χ2n) is 4.63. The van der Waals surface area contributed by atoms with Gasteiger partial charge in [-0.3, -0.25) is 0 Å². The zero-order valence-corrected chi connectivity index (χ0v) is 13.3. The lowest BCUT2D eigenvalue weighted by Crippen LogP contribution is -2.44. The standard InChI is InChI=1S/C13H18BrNO3S/c1-11-10-15(8-9-18-11)19(16,17)13-4-2-12(3-5-13)6-7-14/h2-5,11H,6-10H2,1H3. The molecule has 6 heteroatoms. The van der Waals surface area contributed by atoms with Gasteiger partial charge >= 0.3 is 0 Å². The molecule has 1 fully saturated rings. The number of sulfonamides is 1. The van der Waals surface area contributed by atoms with Crippen LogP contribution in [0.2, 0.25) is 0 Å². The van der Waals surface area contributed by atoms with Crippen LogP contribution < -0.4 is 0 Å². The number of hydrogen-bond donors (Lipinski definition) is 0. The lowest BCUT2D eigenvalue weighted by Gasteiger charge is -2.30. The first-order valence-electron chi connectivity index (χ1n) is 6.30. The maximum absolute atomic E-state index is 12.5. The van der Waals surface area contributed by atoms with Crippen LogP contribution in [0.5, 0.6) is 0 Å². The predicted molar refractivity (Wildman–Crippen MR) is 78.1 cm³/mol. The summed E-state index contributed by atoms with van der Waals surface area (Å²) < 4.78 is 31.8. The molecule has 0 aliphatic carbocycles. The van der Waals surface area contributed by atoms with E-state index in [2.05, 4.69) is 15.9 Å². The maximum Gasteiger partial charge on any atom is 0.243 e. The molecule has 0 spiro atoms. The number of morpholine rings is 1. The largest absolute Gasteiger partial charge is 0.376 e. The van der Waals surface area contributed by atoms with Gasteiger partial charge in [0.25, 0.3) is 0 Å². The molecule has 1 aliphatic rings. The smallest absolute Gasteiger partial charge is 0.243 e. The minimum absolute atomic E-state index is 0.0452. The zero-order valence-electron chi connectivity index (χ0n) is 10.9. The SMILES string of the molecule is CC1CN(S(=O)(=O)c2ccc(CCBr)cc2)CCO1. The van der Waals surface area contributed by atoms with E-state index < -0.39 is 10.0 Å². The molecule has 19 heavy (non-hydrogen) atoms. The highest BCUT2D eigenvalue weighted by Crippen LogP contribution is 2.19. The average molecular weight is 348 g/mol. The summed E-state index contributed by atoms with van der Waals surface area (Å²) in [7, 11) is -3.39. The van der Waals surface area contributed by atoms with Crippen molar-refractivity contribution in [1.82, 2.24) is 4.31 Å². The van der Waals surface area contributed by atoms with Crippen molar-refractivity contribution >= 4 is 26.0 Å². The molecule has 0 N–H and O–H groups in total. The molecule has 0 saturated carbocycles. The van der Waals surface area contributed by atoms with Crippen molar-refractivity contribution in [3.05, 3.63) is 29.8 Å². The fraction of sp³-hybridized carbons (Fsp3) is 0.538. The third kappa shape index (κ3) is 3.56. The first kappa shape index (κ1) is 15.0. The fourth-order valence-corrected chi connectivity index (χ4v) is 4.05. The number of halogens is 1. The topological polar surface area (TPSA) is 46.6 Å². The molecule has 1 heterocycles. The molecule has 4 nitrogen and oxygen atoms in total. The lowest BCUT2D eigenvalue weighted by molar-refractivity contribution is 0.0102. The summed E-state index contributed by atoms with van der Waals surface area (Å²) in [5, 5.41) is 0.875. The van der Waals surface area contributed by atoms with Gasteiger partial charge in [0.05, 0.1) is 17.6 Å². The maximum atomic E-state index is 12.5. The molecule has 1 aromatic rings. The number of nitrogens with zero attached hydrogens (tertiary/aromatic N) is 1. The molecule has 1 unspecified atom stereocenters. The number of ether oxygens (including phenoxy) is 1. The van der Waals surface area contributed by atoms with Crippen LogP contribution in [0, 0.1) is 0 Å². The quantitative estimate of drug-likeness (QED) is 0.783. The molecule has 1 saturated heterocycles. The number of alkyl halides is 1. The highest BCUT2D eigenvalue weighted by atomic mass is 79.9. The number of rotatable bonds is 4. The van der Waals surface area contributed by atoms with Gasteiger partial charge in [0.2, 0.25) is 10.0 Å². The molecule has 0 amide bonds. The summed E-state index contributed by atoms with van der Waals surface area (Å²) >= 11 is 3.37. The van der Waals surface area contributed by atoms with Crippen molar-refractivity contribution < 1.29 is 13.2 Å². The second kappa shape index (κ2) is 6.35. The molecule has 106 valence electrons. The van der Waals surface area contributed by atoms with Crippen molar-refractivity contribution in [2.45, 2.75) is 24.3 Å². The third-order valence-electron chi connectivity index (χ3n) is 3.15. The Hall–Kier alpha value is -0.430. The number of benzene rings is 1. The molecule has 0 radical (unpaired) electrons. The van der Waals surface area contributed by atoms with E-state index in [0.29, 0.717) is 24.6 Å². The monoisotopic (exact) mass is 347 g/mol. The van der Waals surface area contributed by atoms with Crippen LogP contribution >= 0.6 is 15.9 Å². The van der Waals surface area contributed by atoms with Crippen LogP contribution in [0.4, 0.5) is 0 Å². The molecule has 1 aromatic carbocycles. The van der Waals surface area contributed by atoms with E-state index in [1.165, 1.54) is 4.31 Å². The van der Waals surface area contributed by atoms with Crippen LogP contribution in [-0.4, -0.2) is 43.9 Å². The molecular formula is C13H18BrNO3S. The molecule has 1 aliphatic heterocycles. The van der Waals surface area contributed by atoms with E-state index in [-0.39, 0.29) is 6.10 Å². The zero-order chi connectivity index (χ0) is 13.9. The Balaban J connectivity index is 2.18. The summed E-state index contributed by atoms with van der Waals surface area (Å²) in [6.07, 6.45) is 0.853. The van der Waals surface area contributed by atoms with Crippen molar-refractivity contribution in [2.24, 2.45) is 0 Å². The first-order chi connectivity index (χ1) is 9.04. The van der Waals surface area contributed by atoms with Crippen molar-refractivity contribution in [2.75, 3.05) is 25.0 Å². The van der Waals surface area contributed by atoms with E-state index in [4.69, 9.17) is 4.74 Å². The normalized spacial score (nSPS) is 21.5. The molecule has 2 rings (SSSR count). The van der Waals surface area contributed by atoms with Gasteiger partial charge in [-0.25, -0.2) is 8.42 Å². The van der Waals surface area contributed by atoms with Crippen molar-refractivity contribution in [3.8, 4) is 0 Å². The summed E-state index contributed by atoms with van der Waals surface area (Å²) in [4.78, 5) is 0.361. The summed E-state index contributed by atoms with van der Waals surface area (Å²) in [6.45, 7) is 3.20. The van der Waals surface area contributed by atoms with Gasteiger partial charge in [0.15, 0.2) is 0 Å². The highest BCUT2D eigenvalue weighted by molar-refractivity contribution is 9.09. The second-order valence-corrected chi connectivity index (χ2v) is 7.36. The third-order valence-corrected chi connectivity index (χ3v) is 5.42. The number of hydrogen-bond acceptors (Lipinski definition) is 3. The van der Waals surface area contributed by atoms with Crippen LogP contribution in [0.1, 0.15) is 12.5 Å². The van der Waals surface area contributed by atoms with Crippen molar-refractivity contribution in [3.63, 3.8) is 0 Å². The van der Waals surface area contributed by atoms with Crippen LogP contribution in [0.15, 0.2) is 29.2 Å². The van der Waals surface area contributed by atoms with E-state index in [1.807, 2.05) is 19.1 Å². The van der Waals surface area contributed by atoms with Gasteiger partial charge in [-0.2, -0.15) is 4.31 Å². The van der Waals surface area contributed by atoms with E-state index >= 15 is 0 Å². The van der Waals surface area contributed by atoms with Gasteiger partial charge in [0.1, 0.15) is 0 Å². The predicted octanol–water partition coefficient (Wildman–Crippen LogP) is 2.03. The Labute approximate surface area is 122 Å². The van der Waals surface area contributed by atoms with Crippen LogP contribution in [-0.2, 0) is 21.2 Å². The Kier molecular flexibility index (Phi) is 5.00. The van der Waals surface area contributed by atoms with Gasteiger partial charge in [-0.05, 0) is 31.0 Å². The van der Waals surface area contributed by atoms with Gasteiger partial charge in [0, 0.05) is 18.4 Å². The molecule has 0 bridgehead atoms. The average Bonchev–Trinajstić information content (AvgIpc) is 2.40.